The molecule has 20 heavy (non-hydrogen) atoms. The van der Waals surface area contributed by atoms with Gasteiger partial charge in [-0.1, -0.05) is 68.3 Å². The average molecular weight is 288 g/mol. The molecule has 0 amide bonds. The highest BCUT2D eigenvalue weighted by Gasteiger charge is 2.13. The van der Waals surface area contributed by atoms with Crippen molar-refractivity contribution in [1.29, 1.82) is 0 Å². The summed E-state index contributed by atoms with van der Waals surface area (Å²) in [7, 11) is 0. The molecule has 1 atom stereocenters. The average Bonchev–Trinajstić information content (AvgIpc) is 2.45. The van der Waals surface area contributed by atoms with Crippen LogP contribution in [0.15, 0.2) is 48.5 Å². The summed E-state index contributed by atoms with van der Waals surface area (Å²) in [5.41, 5.74) is 3.92. The molecule has 106 valence electrons. The van der Waals surface area contributed by atoms with Gasteiger partial charge < -0.3 is 5.32 Å². The molecule has 2 aromatic carbocycles. The maximum atomic E-state index is 6.13. The Morgan fingerprint density at radius 2 is 1.70 bits per heavy atom. The van der Waals surface area contributed by atoms with E-state index in [4.69, 9.17) is 11.6 Å². The van der Waals surface area contributed by atoms with Gasteiger partial charge in [-0.05, 0) is 41.8 Å². The molecular formula is C18H22ClN. The minimum Gasteiger partial charge on any atom is -0.307 e. The van der Waals surface area contributed by atoms with Crippen LogP contribution >= 0.6 is 11.6 Å². The lowest BCUT2D eigenvalue weighted by Crippen LogP contribution is -2.22. The van der Waals surface area contributed by atoms with E-state index < -0.39 is 0 Å². The zero-order chi connectivity index (χ0) is 14.4. The zero-order valence-corrected chi connectivity index (χ0v) is 13.0. The highest BCUT2D eigenvalue weighted by molar-refractivity contribution is 6.30. The number of benzene rings is 2. The van der Waals surface area contributed by atoms with Gasteiger partial charge in [0.25, 0.3) is 0 Å². The van der Waals surface area contributed by atoms with Gasteiger partial charge >= 0.3 is 0 Å². The topological polar surface area (TPSA) is 12.0 Å². The third kappa shape index (κ3) is 3.84. The molecule has 0 radical (unpaired) electrons. The van der Waals surface area contributed by atoms with Gasteiger partial charge in [-0.25, -0.2) is 0 Å². The normalized spacial score (nSPS) is 12.3. The summed E-state index contributed by atoms with van der Waals surface area (Å²) in [6, 6.07) is 17.1. The first kappa shape index (κ1) is 15.1. The fraction of sp³-hybridized carbons (Fsp3) is 0.333. The predicted molar refractivity (Wildman–Crippen MR) is 87.4 cm³/mol. The molecule has 0 aliphatic carbocycles. The summed E-state index contributed by atoms with van der Waals surface area (Å²) in [6.07, 6.45) is 2.30. The van der Waals surface area contributed by atoms with Gasteiger partial charge in [0.05, 0.1) is 6.04 Å². The van der Waals surface area contributed by atoms with Crippen molar-refractivity contribution in [3.8, 4) is 0 Å². The Hall–Kier alpha value is -1.31. The monoisotopic (exact) mass is 287 g/mol. The second-order valence-corrected chi connectivity index (χ2v) is 5.48. The van der Waals surface area contributed by atoms with Crippen LogP contribution in [0.25, 0.3) is 0 Å². The first-order chi connectivity index (χ1) is 9.74. The SMILES string of the molecule is CCCc1cccc(C(NCC)c2cccc(Cl)c2)c1. The lowest BCUT2D eigenvalue weighted by Gasteiger charge is -2.20. The summed E-state index contributed by atoms with van der Waals surface area (Å²) >= 11 is 6.13. The van der Waals surface area contributed by atoms with Crippen molar-refractivity contribution in [2.75, 3.05) is 6.54 Å². The van der Waals surface area contributed by atoms with Crippen molar-refractivity contribution in [1.82, 2.24) is 5.32 Å². The Morgan fingerprint density at radius 3 is 2.35 bits per heavy atom. The summed E-state index contributed by atoms with van der Waals surface area (Å²) in [6.45, 7) is 5.27. The largest absolute Gasteiger partial charge is 0.307 e. The van der Waals surface area contributed by atoms with Gasteiger partial charge in [0.15, 0.2) is 0 Å². The molecule has 2 heteroatoms. The van der Waals surface area contributed by atoms with Crippen molar-refractivity contribution in [2.45, 2.75) is 32.7 Å². The molecule has 0 saturated heterocycles. The molecule has 0 aromatic heterocycles. The van der Waals surface area contributed by atoms with Crippen LogP contribution in [0.4, 0.5) is 0 Å². The summed E-state index contributed by atoms with van der Waals surface area (Å²) in [4.78, 5) is 0. The van der Waals surface area contributed by atoms with E-state index in [0.717, 1.165) is 18.0 Å². The van der Waals surface area contributed by atoms with Crippen LogP contribution in [0.5, 0.6) is 0 Å². The number of halogens is 1. The molecule has 0 saturated carbocycles. The molecule has 0 bridgehead atoms. The van der Waals surface area contributed by atoms with E-state index in [1.54, 1.807) is 0 Å². The molecule has 1 N–H and O–H groups in total. The van der Waals surface area contributed by atoms with E-state index in [9.17, 15) is 0 Å². The fourth-order valence-corrected chi connectivity index (χ4v) is 2.73. The van der Waals surface area contributed by atoms with Crippen LogP contribution in [-0.4, -0.2) is 6.54 Å². The number of rotatable bonds is 6. The fourth-order valence-electron chi connectivity index (χ4n) is 2.54. The van der Waals surface area contributed by atoms with E-state index in [1.807, 2.05) is 18.2 Å². The van der Waals surface area contributed by atoms with Gasteiger partial charge in [-0.15, -0.1) is 0 Å². The maximum absolute atomic E-state index is 6.13. The highest BCUT2D eigenvalue weighted by Crippen LogP contribution is 2.25. The van der Waals surface area contributed by atoms with E-state index >= 15 is 0 Å². The van der Waals surface area contributed by atoms with E-state index in [2.05, 4.69) is 49.5 Å². The smallest absolute Gasteiger partial charge is 0.0577 e. The van der Waals surface area contributed by atoms with E-state index in [-0.39, 0.29) is 6.04 Å². The third-order valence-electron chi connectivity index (χ3n) is 3.41. The Bertz CT molecular complexity index is 551. The molecule has 2 aromatic rings. The molecule has 1 unspecified atom stereocenters. The van der Waals surface area contributed by atoms with E-state index in [1.165, 1.54) is 23.1 Å². The maximum Gasteiger partial charge on any atom is 0.0577 e. The Morgan fingerprint density at radius 1 is 1.00 bits per heavy atom. The van der Waals surface area contributed by atoms with Gasteiger partial charge in [-0.3, -0.25) is 0 Å². The van der Waals surface area contributed by atoms with Crippen LogP contribution in [0.3, 0.4) is 0 Å². The van der Waals surface area contributed by atoms with Crippen molar-refractivity contribution < 1.29 is 0 Å². The van der Waals surface area contributed by atoms with E-state index in [0.29, 0.717) is 0 Å². The lowest BCUT2D eigenvalue weighted by molar-refractivity contribution is 0.630. The highest BCUT2D eigenvalue weighted by atomic mass is 35.5. The number of nitrogens with one attached hydrogen (secondary N) is 1. The Kier molecular flexibility index (Phi) is 5.63. The Labute approximate surface area is 127 Å². The summed E-state index contributed by atoms with van der Waals surface area (Å²) in [5.74, 6) is 0. The standard InChI is InChI=1S/C18H22ClN/c1-3-7-14-8-5-9-15(12-14)18(20-4-2)16-10-6-11-17(19)13-16/h5-6,8-13,18,20H,3-4,7H2,1-2H3. The molecule has 0 heterocycles. The molecule has 0 aliphatic rings. The number of hydrogen-bond acceptors (Lipinski definition) is 1. The van der Waals surface area contributed by atoms with Crippen molar-refractivity contribution >= 4 is 11.6 Å². The first-order valence-electron chi connectivity index (χ1n) is 7.32. The minimum absolute atomic E-state index is 0.204. The summed E-state index contributed by atoms with van der Waals surface area (Å²) in [5, 5.41) is 4.34. The predicted octanol–water partition coefficient (Wildman–Crippen LogP) is 4.99. The van der Waals surface area contributed by atoms with Gasteiger partial charge in [0, 0.05) is 5.02 Å². The third-order valence-corrected chi connectivity index (χ3v) is 3.65. The minimum atomic E-state index is 0.204. The van der Waals surface area contributed by atoms with Crippen LogP contribution in [0.1, 0.15) is 43.0 Å². The molecule has 1 nitrogen and oxygen atoms in total. The quantitative estimate of drug-likeness (QED) is 0.789. The van der Waals surface area contributed by atoms with Crippen LogP contribution in [0, 0.1) is 0 Å². The van der Waals surface area contributed by atoms with Crippen molar-refractivity contribution in [2.24, 2.45) is 0 Å². The van der Waals surface area contributed by atoms with Crippen LogP contribution < -0.4 is 5.32 Å². The zero-order valence-electron chi connectivity index (χ0n) is 12.2. The van der Waals surface area contributed by atoms with Gasteiger partial charge in [-0.2, -0.15) is 0 Å². The second-order valence-electron chi connectivity index (χ2n) is 5.04. The number of hydrogen-bond donors (Lipinski definition) is 1. The van der Waals surface area contributed by atoms with Gasteiger partial charge in [0.1, 0.15) is 0 Å². The molecule has 2 rings (SSSR count). The second kappa shape index (κ2) is 7.47. The van der Waals surface area contributed by atoms with Crippen LogP contribution in [0.2, 0.25) is 5.02 Å². The number of aryl methyl sites for hydroxylation is 1. The molecule has 0 fully saturated rings. The van der Waals surface area contributed by atoms with Gasteiger partial charge in [0.2, 0.25) is 0 Å². The summed E-state index contributed by atoms with van der Waals surface area (Å²) < 4.78 is 0. The van der Waals surface area contributed by atoms with Crippen LogP contribution in [-0.2, 0) is 6.42 Å². The van der Waals surface area contributed by atoms with Crippen molar-refractivity contribution in [3.63, 3.8) is 0 Å². The molecule has 0 aliphatic heterocycles. The molecular weight excluding hydrogens is 266 g/mol. The van der Waals surface area contributed by atoms with Crippen molar-refractivity contribution in [3.05, 3.63) is 70.2 Å². The first-order valence-corrected chi connectivity index (χ1v) is 7.70. The lowest BCUT2D eigenvalue weighted by atomic mass is 9.96. The Balaban J connectivity index is 2.35. The molecule has 0 spiro atoms.